The molecule has 2 heterocycles. The van der Waals surface area contributed by atoms with E-state index in [4.69, 9.17) is 4.74 Å². The minimum absolute atomic E-state index is 0.104. The van der Waals surface area contributed by atoms with E-state index in [0.29, 0.717) is 15.6 Å². The number of amides is 1. The number of hydrogen-bond donors (Lipinski definition) is 1. The molecule has 0 atom stereocenters. The molecule has 0 aliphatic rings. The van der Waals surface area contributed by atoms with Crippen LogP contribution in [0.5, 0.6) is 0 Å². The number of nitrogens with one attached hydrogen (secondary N) is 1. The molecule has 0 fully saturated rings. The zero-order valence-corrected chi connectivity index (χ0v) is 17.7. The summed E-state index contributed by atoms with van der Waals surface area (Å²) in [4.78, 5) is 30.6. The fraction of sp³-hybridized carbons (Fsp3) is 0.286. The number of anilines is 1. The molecule has 0 aliphatic heterocycles. The third-order valence-electron chi connectivity index (χ3n) is 4.14. The summed E-state index contributed by atoms with van der Waals surface area (Å²) in [6, 6.07) is 9.51. The van der Waals surface area contributed by atoms with E-state index in [0.717, 1.165) is 23.2 Å². The highest BCUT2D eigenvalue weighted by atomic mass is 32.1. The van der Waals surface area contributed by atoms with E-state index in [1.165, 1.54) is 27.6 Å². The lowest BCUT2D eigenvalue weighted by molar-refractivity contribution is -0.115. The molecule has 7 heteroatoms. The predicted octanol–water partition coefficient (Wildman–Crippen LogP) is 4.92. The largest absolute Gasteiger partial charge is 0.455 e. The van der Waals surface area contributed by atoms with E-state index < -0.39 is 0 Å². The fourth-order valence-corrected chi connectivity index (χ4v) is 4.44. The quantitative estimate of drug-likeness (QED) is 0.557. The van der Waals surface area contributed by atoms with E-state index in [-0.39, 0.29) is 24.9 Å². The molecule has 146 valence electrons. The lowest BCUT2D eigenvalue weighted by atomic mass is 10.2. The SMILES string of the molecule is CCc1sc(C(=O)OCc2csc(CC(=O)Nc3ccc(C)cc3)n2)cc1C. The van der Waals surface area contributed by atoms with Crippen molar-refractivity contribution in [2.24, 2.45) is 0 Å². The molecule has 0 unspecified atom stereocenters. The maximum Gasteiger partial charge on any atom is 0.348 e. The molecule has 0 bridgehead atoms. The normalized spacial score (nSPS) is 10.7. The van der Waals surface area contributed by atoms with Crippen molar-refractivity contribution in [1.29, 1.82) is 0 Å². The monoisotopic (exact) mass is 414 g/mol. The van der Waals surface area contributed by atoms with Gasteiger partial charge in [-0.25, -0.2) is 9.78 Å². The summed E-state index contributed by atoms with van der Waals surface area (Å²) in [5.74, 6) is -0.456. The van der Waals surface area contributed by atoms with Crippen molar-refractivity contribution in [3.05, 3.63) is 67.3 Å². The van der Waals surface area contributed by atoms with Crippen molar-refractivity contribution in [2.45, 2.75) is 40.2 Å². The number of thiazole rings is 1. The Morgan fingerprint density at radius 2 is 1.93 bits per heavy atom. The van der Waals surface area contributed by atoms with E-state index in [9.17, 15) is 9.59 Å². The maximum atomic E-state index is 12.2. The minimum atomic E-state index is -0.334. The summed E-state index contributed by atoms with van der Waals surface area (Å²) in [5, 5.41) is 5.36. The highest BCUT2D eigenvalue weighted by Gasteiger charge is 2.14. The number of benzene rings is 1. The summed E-state index contributed by atoms with van der Waals surface area (Å²) in [6.07, 6.45) is 1.10. The molecule has 0 saturated heterocycles. The molecule has 0 saturated carbocycles. The lowest BCUT2D eigenvalue weighted by Crippen LogP contribution is -2.14. The summed E-state index contributed by atoms with van der Waals surface area (Å²) in [7, 11) is 0. The number of hydrogen-bond acceptors (Lipinski definition) is 6. The van der Waals surface area contributed by atoms with Gasteiger partial charge in [0.05, 0.1) is 12.1 Å². The highest BCUT2D eigenvalue weighted by molar-refractivity contribution is 7.14. The van der Waals surface area contributed by atoms with Crippen LogP contribution in [0.3, 0.4) is 0 Å². The van der Waals surface area contributed by atoms with Crippen molar-refractivity contribution in [3.63, 3.8) is 0 Å². The fourth-order valence-electron chi connectivity index (χ4n) is 2.66. The summed E-state index contributed by atoms with van der Waals surface area (Å²) in [6.45, 7) is 6.17. The van der Waals surface area contributed by atoms with Crippen LogP contribution in [-0.2, 0) is 29.0 Å². The topological polar surface area (TPSA) is 68.3 Å². The zero-order chi connectivity index (χ0) is 20.1. The van der Waals surface area contributed by atoms with Crippen molar-refractivity contribution in [2.75, 3.05) is 5.32 Å². The average Bonchev–Trinajstić information content (AvgIpc) is 3.27. The molecule has 2 aromatic heterocycles. The number of aryl methyl sites for hydroxylation is 3. The van der Waals surface area contributed by atoms with Crippen LogP contribution >= 0.6 is 22.7 Å². The molecule has 28 heavy (non-hydrogen) atoms. The molecular formula is C21H22N2O3S2. The lowest BCUT2D eigenvalue weighted by Gasteiger charge is -2.04. The van der Waals surface area contributed by atoms with Gasteiger partial charge in [0.25, 0.3) is 0 Å². The first-order valence-electron chi connectivity index (χ1n) is 9.01. The molecule has 0 radical (unpaired) electrons. The second-order valence-electron chi connectivity index (χ2n) is 6.47. The van der Waals surface area contributed by atoms with E-state index in [1.807, 2.05) is 49.6 Å². The number of carbonyl (C=O) groups excluding carboxylic acids is 2. The number of nitrogens with zero attached hydrogens (tertiary/aromatic N) is 1. The van der Waals surface area contributed by atoms with Crippen molar-refractivity contribution in [3.8, 4) is 0 Å². The minimum Gasteiger partial charge on any atom is -0.455 e. The average molecular weight is 415 g/mol. The first-order chi connectivity index (χ1) is 13.4. The highest BCUT2D eigenvalue weighted by Crippen LogP contribution is 2.23. The smallest absolute Gasteiger partial charge is 0.348 e. The first kappa shape index (κ1) is 20.2. The van der Waals surface area contributed by atoms with Gasteiger partial charge in [0.2, 0.25) is 5.91 Å². The second kappa shape index (κ2) is 9.12. The Morgan fingerprint density at radius 1 is 1.18 bits per heavy atom. The van der Waals surface area contributed by atoms with Gasteiger partial charge in [-0.1, -0.05) is 24.6 Å². The molecule has 3 rings (SSSR count). The Bertz CT molecular complexity index is 974. The molecular weight excluding hydrogens is 392 g/mol. The molecule has 0 aliphatic carbocycles. The van der Waals surface area contributed by atoms with Crippen molar-refractivity contribution in [1.82, 2.24) is 4.98 Å². The van der Waals surface area contributed by atoms with E-state index >= 15 is 0 Å². The molecule has 1 aromatic carbocycles. The number of thiophene rings is 1. The Labute approximate surface area is 172 Å². The van der Waals surface area contributed by atoms with Gasteiger partial charge in [-0.2, -0.15) is 0 Å². The Hall–Kier alpha value is -2.51. The van der Waals surface area contributed by atoms with Gasteiger partial charge < -0.3 is 10.1 Å². The van der Waals surface area contributed by atoms with Gasteiger partial charge in [0, 0.05) is 15.9 Å². The van der Waals surface area contributed by atoms with E-state index in [2.05, 4.69) is 17.2 Å². The van der Waals surface area contributed by atoms with Gasteiger partial charge in [0.1, 0.15) is 16.5 Å². The number of carbonyl (C=O) groups is 2. The van der Waals surface area contributed by atoms with Gasteiger partial charge in [-0.3, -0.25) is 4.79 Å². The van der Waals surface area contributed by atoms with Crippen LogP contribution < -0.4 is 5.32 Å². The third kappa shape index (κ3) is 5.27. The molecule has 0 spiro atoms. The molecule has 1 N–H and O–H groups in total. The van der Waals surface area contributed by atoms with Crippen LogP contribution in [-0.4, -0.2) is 16.9 Å². The summed E-state index contributed by atoms with van der Waals surface area (Å²) in [5.41, 5.74) is 3.68. The maximum absolute atomic E-state index is 12.2. The van der Waals surface area contributed by atoms with Gasteiger partial charge in [-0.15, -0.1) is 22.7 Å². The third-order valence-corrected chi connectivity index (χ3v) is 6.40. The van der Waals surface area contributed by atoms with Crippen molar-refractivity contribution >= 4 is 40.2 Å². The Morgan fingerprint density at radius 3 is 2.61 bits per heavy atom. The van der Waals surface area contributed by atoms with E-state index in [1.54, 1.807) is 0 Å². The van der Waals surface area contributed by atoms with Crippen molar-refractivity contribution < 1.29 is 14.3 Å². The van der Waals surface area contributed by atoms with Crippen LogP contribution in [0, 0.1) is 13.8 Å². The van der Waals surface area contributed by atoms with Gasteiger partial charge >= 0.3 is 5.97 Å². The zero-order valence-electron chi connectivity index (χ0n) is 16.1. The number of esters is 1. The first-order valence-corrected chi connectivity index (χ1v) is 10.7. The summed E-state index contributed by atoms with van der Waals surface area (Å²) >= 11 is 2.86. The summed E-state index contributed by atoms with van der Waals surface area (Å²) < 4.78 is 5.37. The van der Waals surface area contributed by atoms with Crippen LogP contribution in [0.15, 0.2) is 35.7 Å². The number of ether oxygens (including phenoxy) is 1. The van der Waals surface area contributed by atoms with Crippen LogP contribution in [0.2, 0.25) is 0 Å². The van der Waals surface area contributed by atoms with Gasteiger partial charge in [-0.05, 0) is 44.0 Å². The Kier molecular flexibility index (Phi) is 6.59. The predicted molar refractivity (Wildman–Crippen MR) is 113 cm³/mol. The molecule has 3 aromatic rings. The van der Waals surface area contributed by atoms with Gasteiger partial charge in [0.15, 0.2) is 0 Å². The second-order valence-corrected chi connectivity index (χ2v) is 8.55. The van der Waals surface area contributed by atoms with Crippen LogP contribution in [0.25, 0.3) is 0 Å². The number of aromatic nitrogens is 1. The van der Waals surface area contributed by atoms with Crippen LogP contribution in [0.1, 0.15) is 43.3 Å². The number of rotatable bonds is 7. The Balaban J connectivity index is 1.51. The molecule has 5 nitrogen and oxygen atoms in total. The molecule has 1 amide bonds. The standard InChI is InChI=1S/C21H22N2O3S2/c1-4-17-14(3)9-18(28-17)21(25)26-11-16-12-27-20(23-16)10-19(24)22-15-7-5-13(2)6-8-15/h5-9,12H,4,10-11H2,1-3H3,(H,22,24). The van der Waals surface area contributed by atoms with Crippen LogP contribution in [0.4, 0.5) is 5.69 Å².